The molecule has 0 bridgehead atoms. The Morgan fingerprint density at radius 2 is 2.00 bits per heavy atom. The SMILES string of the molecule is CCCNCCC1(CCc2sccc2C)CCCC1. The number of thiophene rings is 1. The van der Waals surface area contributed by atoms with Crippen LogP contribution in [0.4, 0.5) is 0 Å². The summed E-state index contributed by atoms with van der Waals surface area (Å²) in [4.78, 5) is 1.62. The van der Waals surface area contributed by atoms with Crippen molar-refractivity contribution in [2.75, 3.05) is 13.1 Å². The van der Waals surface area contributed by atoms with Gasteiger partial charge in [0.2, 0.25) is 0 Å². The second kappa shape index (κ2) is 7.44. The molecule has 0 spiro atoms. The Morgan fingerprint density at radius 3 is 2.63 bits per heavy atom. The smallest absolute Gasteiger partial charge is 0.00746 e. The van der Waals surface area contributed by atoms with Gasteiger partial charge in [-0.15, -0.1) is 11.3 Å². The second-order valence-corrected chi connectivity index (χ2v) is 7.23. The number of hydrogen-bond donors (Lipinski definition) is 1. The van der Waals surface area contributed by atoms with Crippen molar-refractivity contribution in [3.05, 3.63) is 21.9 Å². The maximum absolute atomic E-state index is 3.59. The molecule has 1 N–H and O–H groups in total. The lowest BCUT2D eigenvalue weighted by atomic mass is 9.78. The maximum Gasteiger partial charge on any atom is 0.00746 e. The molecule has 0 saturated heterocycles. The molecule has 2 rings (SSSR count). The third-order valence-corrected chi connectivity index (χ3v) is 5.86. The number of nitrogens with one attached hydrogen (secondary N) is 1. The molecule has 1 nitrogen and oxygen atoms in total. The summed E-state index contributed by atoms with van der Waals surface area (Å²) in [5.41, 5.74) is 2.15. The van der Waals surface area contributed by atoms with Crippen LogP contribution >= 0.6 is 11.3 Å². The summed E-state index contributed by atoms with van der Waals surface area (Å²) in [6.45, 7) is 6.91. The van der Waals surface area contributed by atoms with Crippen LogP contribution in [-0.2, 0) is 6.42 Å². The molecular formula is C17H29NS. The van der Waals surface area contributed by atoms with Crippen LogP contribution < -0.4 is 5.32 Å². The van der Waals surface area contributed by atoms with E-state index in [1.165, 1.54) is 70.0 Å². The van der Waals surface area contributed by atoms with E-state index in [2.05, 4.69) is 30.6 Å². The summed E-state index contributed by atoms with van der Waals surface area (Å²) < 4.78 is 0. The molecule has 0 amide bonds. The average Bonchev–Trinajstić information content (AvgIpc) is 3.03. The Balaban J connectivity index is 1.83. The Hall–Kier alpha value is -0.340. The van der Waals surface area contributed by atoms with Crippen LogP contribution in [0, 0.1) is 12.3 Å². The van der Waals surface area contributed by atoms with Gasteiger partial charge >= 0.3 is 0 Å². The van der Waals surface area contributed by atoms with E-state index in [-0.39, 0.29) is 0 Å². The monoisotopic (exact) mass is 279 g/mol. The summed E-state index contributed by atoms with van der Waals surface area (Å²) in [7, 11) is 0. The Morgan fingerprint density at radius 1 is 1.21 bits per heavy atom. The van der Waals surface area contributed by atoms with Crippen molar-refractivity contribution in [3.63, 3.8) is 0 Å². The third kappa shape index (κ3) is 4.32. The quantitative estimate of drug-likeness (QED) is 0.665. The van der Waals surface area contributed by atoms with Crippen LogP contribution in [0.5, 0.6) is 0 Å². The second-order valence-electron chi connectivity index (χ2n) is 6.23. The lowest BCUT2D eigenvalue weighted by Crippen LogP contribution is -2.25. The lowest BCUT2D eigenvalue weighted by Gasteiger charge is -2.29. The normalized spacial score (nSPS) is 18.0. The van der Waals surface area contributed by atoms with Crippen molar-refractivity contribution in [2.24, 2.45) is 5.41 Å². The molecule has 1 aliphatic rings. The van der Waals surface area contributed by atoms with Gasteiger partial charge in [-0.1, -0.05) is 19.8 Å². The zero-order valence-electron chi connectivity index (χ0n) is 12.6. The van der Waals surface area contributed by atoms with Gasteiger partial charge in [0.15, 0.2) is 0 Å². The highest BCUT2D eigenvalue weighted by molar-refractivity contribution is 7.10. The minimum Gasteiger partial charge on any atom is -0.317 e. The van der Waals surface area contributed by atoms with E-state index in [4.69, 9.17) is 0 Å². The van der Waals surface area contributed by atoms with Gasteiger partial charge in [-0.25, -0.2) is 0 Å². The van der Waals surface area contributed by atoms with Crippen molar-refractivity contribution in [3.8, 4) is 0 Å². The molecule has 1 aromatic heterocycles. The molecule has 0 radical (unpaired) electrons. The highest BCUT2D eigenvalue weighted by atomic mass is 32.1. The van der Waals surface area contributed by atoms with E-state index in [1.54, 1.807) is 4.88 Å². The van der Waals surface area contributed by atoms with Crippen molar-refractivity contribution in [2.45, 2.75) is 65.2 Å². The van der Waals surface area contributed by atoms with Crippen molar-refractivity contribution >= 4 is 11.3 Å². The first-order valence-corrected chi connectivity index (χ1v) is 8.87. The van der Waals surface area contributed by atoms with Gasteiger partial charge in [0.05, 0.1) is 0 Å². The molecule has 108 valence electrons. The fourth-order valence-electron chi connectivity index (χ4n) is 3.44. The highest BCUT2D eigenvalue weighted by Crippen LogP contribution is 2.44. The summed E-state index contributed by atoms with van der Waals surface area (Å²) in [6, 6.07) is 2.27. The highest BCUT2D eigenvalue weighted by Gasteiger charge is 2.32. The minimum atomic E-state index is 0.650. The molecular weight excluding hydrogens is 250 g/mol. The molecule has 1 fully saturated rings. The van der Waals surface area contributed by atoms with E-state index < -0.39 is 0 Å². The van der Waals surface area contributed by atoms with Crippen molar-refractivity contribution < 1.29 is 0 Å². The zero-order chi connectivity index (χ0) is 13.6. The Kier molecular flexibility index (Phi) is 5.90. The largest absolute Gasteiger partial charge is 0.317 e. The predicted octanol–water partition coefficient (Wildman–Crippen LogP) is 4.94. The average molecular weight is 279 g/mol. The molecule has 19 heavy (non-hydrogen) atoms. The van der Waals surface area contributed by atoms with Gasteiger partial charge in [0.1, 0.15) is 0 Å². The first-order chi connectivity index (χ1) is 9.26. The number of rotatable bonds is 8. The molecule has 2 heteroatoms. The van der Waals surface area contributed by atoms with Crippen LogP contribution in [0.25, 0.3) is 0 Å². The lowest BCUT2D eigenvalue weighted by molar-refractivity contribution is 0.246. The number of hydrogen-bond acceptors (Lipinski definition) is 2. The van der Waals surface area contributed by atoms with Gasteiger partial charge < -0.3 is 5.32 Å². The molecule has 1 saturated carbocycles. The van der Waals surface area contributed by atoms with Gasteiger partial charge in [-0.05, 0) is 81.0 Å². The summed E-state index contributed by atoms with van der Waals surface area (Å²) >= 11 is 1.95. The number of aryl methyl sites for hydroxylation is 2. The Bertz CT molecular complexity index is 363. The molecule has 0 aliphatic heterocycles. The van der Waals surface area contributed by atoms with Crippen LogP contribution in [-0.4, -0.2) is 13.1 Å². The van der Waals surface area contributed by atoms with Gasteiger partial charge in [-0.2, -0.15) is 0 Å². The fraction of sp³-hybridized carbons (Fsp3) is 0.765. The maximum atomic E-state index is 3.59. The first-order valence-electron chi connectivity index (χ1n) is 7.99. The van der Waals surface area contributed by atoms with Crippen LogP contribution in [0.2, 0.25) is 0 Å². The van der Waals surface area contributed by atoms with Crippen molar-refractivity contribution in [1.82, 2.24) is 5.32 Å². The van der Waals surface area contributed by atoms with E-state index >= 15 is 0 Å². The molecule has 1 heterocycles. The van der Waals surface area contributed by atoms with Gasteiger partial charge in [0, 0.05) is 4.88 Å². The first kappa shape index (κ1) is 15.1. The minimum absolute atomic E-state index is 0.650. The van der Waals surface area contributed by atoms with Gasteiger partial charge in [0.25, 0.3) is 0 Å². The molecule has 1 aliphatic carbocycles. The molecule has 0 aromatic carbocycles. The van der Waals surface area contributed by atoms with Crippen LogP contribution in [0.15, 0.2) is 11.4 Å². The molecule has 0 atom stereocenters. The predicted molar refractivity (Wildman–Crippen MR) is 86.1 cm³/mol. The van der Waals surface area contributed by atoms with Crippen LogP contribution in [0.3, 0.4) is 0 Å². The van der Waals surface area contributed by atoms with E-state index in [0.29, 0.717) is 5.41 Å². The van der Waals surface area contributed by atoms with E-state index in [0.717, 1.165) is 0 Å². The third-order valence-electron chi connectivity index (χ3n) is 4.77. The van der Waals surface area contributed by atoms with Crippen molar-refractivity contribution in [1.29, 1.82) is 0 Å². The fourth-order valence-corrected chi connectivity index (χ4v) is 4.35. The van der Waals surface area contributed by atoms with Crippen LogP contribution in [0.1, 0.15) is 62.3 Å². The van der Waals surface area contributed by atoms with E-state index in [9.17, 15) is 0 Å². The summed E-state index contributed by atoms with van der Waals surface area (Å²) in [5, 5.41) is 5.84. The molecule has 1 aromatic rings. The summed E-state index contributed by atoms with van der Waals surface area (Å²) in [5.74, 6) is 0. The van der Waals surface area contributed by atoms with E-state index in [1.807, 2.05) is 11.3 Å². The molecule has 0 unspecified atom stereocenters. The standard InChI is InChI=1S/C17H29NS/c1-3-12-18-13-11-17(8-4-5-9-17)10-6-16-15(2)7-14-19-16/h7,14,18H,3-6,8-13H2,1-2H3. The summed E-state index contributed by atoms with van der Waals surface area (Å²) in [6.07, 6.45) is 11.2. The Labute approximate surface area is 122 Å². The topological polar surface area (TPSA) is 12.0 Å². The zero-order valence-corrected chi connectivity index (χ0v) is 13.5. The van der Waals surface area contributed by atoms with Gasteiger partial charge in [-0.3, -0.25) is 0 Å².